The number of H-pyrrole nitrogens is 1. The second kappa shape index (κ2) is 6.53. The van der Waals surface area contributed by atoms with Gasteiger partial charge in [0.1, 0.15) is 24.6 Å². The molecule has 1 fully saturated rings. The molecule has 0 aromatic carbocycles. The van der Waals surface area contributed by atoms with Gasteiger partial charge in [0, 0.05) is 25.3 Å². The molecule has 8 heteroatoms. The van der Waals surface area contributed by atoms with Gasteiger partial charge in [0.25, 0.3) is 5.91 Å². The number of methoxy groups -OCH3 is 1. The molecule has 23 heavy (non-hydrogen) atoms. The van der Waals surface area contributed by atoms with Gasteiger partial charge in [0.15, 0.2) is 6.23 Å². The van der Waals surface area contributed by atoms with Crippen molar-refractivity contribution in [2.75, 3.05) is 20.3 Å². The lowest BCUT2D eigenvalue weighted by molar-refractivity contribution is -0.154. The van der Waals surface area contributed by atoms with Crippen LogP contribution in [0.2, 0.25) is 0 Å². The number of aliphatic hydroxyl groups is 1. The second-order valence-electron chi connectivity index (χ2n) is 5.31. The first kappa shape index (κ1) is 15.7. The van der Waals surface area contributed by atoms with Crippen molar-refractivity contribution in [2.45, 2.75) is 25.0 Å². The number of carbonyl (C=O) groups excluding carboxylic acids is 2. The minimum atomic E-state index is -1.10. The maximum atomic E-state index is 12.1. The van der Waals surface area contributed by atoms with Crippen molar-refractivity contribution < 1.29 is 28.9 Å². The molecule has 2 aliphatic heterocycles. The van der Waals surface area contributed by atoms with Crippen LogP contribution in [0.1, 0.15) is 16.9 Å². The SMILES string of the molecule is COC1CC(O)C(=O)N1[C@@H]1OCC=C1COC(=O)c1ccc[nH]1. The van der Waals surface area contributed by atoms with Gasteiger partial charge in [-0.3, -0.25) is 9.69 Å². The number of esters is 1. The Morgan fingerprint density at radius 3 is 3.09 bits per heavy atom. The van der Waals surface area contributed by atoms with E-state index < -0.39 is 30.4 Å². The Morgan fingerprint density at radius 1 is 1.57 bits per heavy atom. The molecule has 3 rings (SSSR count). The summed E-state index contributed by atoms with van der Waals surface area (Å²) in [4.78, 5) is 28.1. The number of aliphatic hydroxyl groups excluding tert-OH is 1. The van der Waals surface area contributed by atoms with E-state index in [0.29, 0.717) is 17.9 Å². The number of nitrogens with zero attached hydrogens (tertiary/aromatic N) is 1. The van der Waals surface area contributed by atoms with Gasteiger partial charge in [0.05, 0.1) is 6.61 Å². The summed E-state index contributed by atoms with van der Waals surface area (Å²) in [5.41, 5.74) is 0.998. The van der Waals surface area contributed by atoms with Crippen molar-refractivity contribution in [1.82, 2.24) is 9.88 Å². The summed E-state index contributed by atoms with van der Waals surface area (Å²) in [5, 5.41) is 9.72. The van der Waals surface area contributed by atoms with Crippen LogP contribution in [-0.2, 0) is 19.0 Å². The third-order valence-electron chi connectivity index (χ3n) is 3.90. The first-order chi connectivity index (χ1) is 11.1. The highest BCUT2D eigenvalue weighted by molar-refractivity contribution is 5.87. The van der Waals surface area contributed by atoms with E-state index in [0.717, 1.165) is 0 Å². The minimum Gasteiger partial charge on any atom is -0.456 e. The fraction of sp³-hybridized carbons (Fsp3) is 0.467. The zero-order chi connectivity index (χ0) is 16.4. The lowest BCUT2D eigenvalue weighted by Crippen LogP contribution is -2.45. The van der Waals surface area contributed by atoms with Gasteiger partial charge < -0.3 is 24.3 Å². The van der Waals surface area contributed by atoms with Gasteiger partial charge in [-0.25, -0.2) is 4.79 Å². The molecule has 0 aliphatic carbocycles. The number of hydrogen-bond acceptors (Lipinski definition) is 6. The van der Waals surface area contributed by atoms with Crippen molar-refractivity contribution >= 4 is 11.9 Å². The molecule has 0 bridgehead atoms. The largest absolute Gasteiger partial charge is 0.456 e. The Labute approximate surface area is 132 Å². The quantitative estimate of drug-likeness (QED) is 0.585. The van der Waals surface area contributed by atoms with Gasteiger partial charge in [0.2, 0.25) is 0 Å². The molecule has 2 unspecified atom stereocenters. The van der Waals surface area contributed by atoms with Crippen LogP contribution in [0.15, 0.2) is 30.0 Å². The monoisotopic (exact) mass is 322 g/mol. The molecule has 1 amide bonds. The van der Waals surface area contributed by atoms with Crippen LogP contribution in [-0.4, -0.2) is 65.8 Å². The summed E-state index contributed by atoms with van der Waals surface area (Å²) in [7, 11) is 1.46. The number of ether oxygens (including phenoxy) is 3. The summed E-state index contributed by atoms with van der Waals surface area (Å²) in [6.07, 6.45) is 1.21. The highest BCUT2D eigenvalue weighted by atomic mass is 16.5. The standard InChI is InChI=1S/C15H18N2O6/c1-21-12-7-11(18)13(19)17(12)14-9(4-6-22-14)8-23-15(20)10-3-2-5-16-10/h2-5,11-12,14,16,18H,6-8H2,1H3/t11?,12?,14-/m1/s1. The topological polar surface area (TPSA) is 101 Å². The molecule has 3 heterocycles. The van der Waals surface area contributed by atoms with Gasteiger partial charge in [-0.05, 0) is 12.1 Å². The van der Waals surface area contributed by atoms with Crippen LogP contribution in [0.25, 0.3) is 0 Å². The van der Waals surface area contributed by atoms with E-state index in [1.54, 1.807) is 24.4 Å². The first-order valence-corrected chi connectivity index (χ1v) is 7.26. The summed E-state index contributed by atoms with van der Waals surface area (Å²) >= 11 is 0. The third-order valence-corrected chi connectivity index (χ3v) is 3.90. The molecular formula is C15H18N2O6. The number of hydrogen-bond donors (Lipinski definition) is 2. The number of carbonyl (C=O) groups is 2. The van der Waals surface area contributed by atoms with Crippen LogP contribution >= 0.6 is 0 Å². The molecule has 0 saturated carbocycles. The number of amides is 1. The number of aromatic nitrogens is 1. The number of aromatic amines is 1. The summed E-state index contributed by atoms with van der Waals surface area (Å²) in [5.74, 6) is -0.942. The molecule has 1 aromatic rings. The van der Waals surface area contributed by atoms with Crippen LogP contribution in [0, 0.1) is 0 Å². The Balaban J connectivity index is 1.66. The third kappa shape index (κ3) is 3.00. The lowest BCUT2D eigenvalue weighted by Gasteiger charge is -2.30. The molecule has 0 spiro atoms. The molecule has 1 saturated heterocycles. The van der Waals surface area contributed by atoms with Crippen LogP contribution in [0.3, 0.4) is 0 Å². The van der Waals surface area contributed by atoms with Crippen molar-refractivity contribution in [3.8, 4) is 0 Å². The molecule has 2 aliphatic rings. The molecule has 8 nitrogen and oxygen atoms in total. The molecular weight excluding hydrogens is 304 g/mol. The zero-order valence-corrected chi connectivity index (χ0v) is 12.6. The van der Waals surface area contributed by atoms with Crippen LogP contribution in [0.4, 0.5) is 0 Å². The lowest BCUT2D eigenvalue weighted by atomic mass is 10.2. The maximum absolute atomic E-state index is 12.1. The number of nitrogens with one attached hydrogen (secondary N) is 1. The summed E-state index contributed by atoms with van der Waals surface area (Å²) in [6, 6.07) is 3.31. The van der Waals surface area contributed by atoms with Crippen molar-refractivity contribution in [2.24, 2.45) is 0 Å². The fourth-order valence-electron chi connectivity index (χ4n) is 2.72. The Kier molecular flexibility index (Phi) is 4.46. The van der Waals surface area contributed by atoms with E-state index >= 15 is 0 Å². The predicted octanol–water partition coefficient (Wildman–Crippen LogP) is 0.0199. The Bertz CT molecular complexity index is 611. The van der Waals surface area contributed by atoms with E-state index in [-0.39, 0.29) is 13.0 Å². The van der Waals surface area contributed by atoms with Crippen molar-refractivity contribution in [3.05, 3.63) is 35.7 Å². The normalized spacial score (nSPS) is 27.4. The predicted molar refractivity (Wildman–Crippen MR) is 77.2 cm³/mol. The minimum absolute atomic E-state index is 0.00116. The fourth-order valence-corrected chi connectivity index (χ4v) is 2.72. The molecule has 0 radical (unpaired) electrons. The van der Waals surface area contributed by atoms with E-state index in [1.807, 2.05) is 0 Å². The Morgan fingerprint density at radius 2 is 2.39 bits per heavy atom. The smallest absolute Gasteiger partial charge is 0.355 e. The number of rotatable bonds is 5. The average molecular weight is 322 g/mol. The van der Waals surface area contributed by atoms with Gasteiger partial charge >= 0.3 is 5.97 Å². The molecule has 124 valence electrons. The molecule has 3 atom stereocenters. The highest BCUT2D eigenvalue weighted by Gasteiger charge is 2.45. The van der Waals surface area contributed by atoms with Crippen molar-refractivity contribution in [3.63, 3.8) is 0 Å². The summed E-state index contributed by atoms with van der Waals surface area (Å²) in [6.45, 7) is 0.301. The van der Waals surface area contributed by atoms with Gasteiger partial charge in [-0.1, -0.05) is 6.08 Å². The maximum Gasteiger partial charge on any atom is 0.355 e. The second-order valence-corrected chi connectivity index (χ2v) is 5.31. The first-order valence-electron chi connectivity index (χ1n) is 7.26. The number of likely N-dealkylation sites (tertiary alicyclic amines) is 1. The molecule has 1 aromatic heterocycles. The molecule has 2 N–H and O–H groups in total. The van der Waals surface area contributed by atoms with Crippen LogP contribution in [0.5, 0.6) is 0 Å². The van der Waals surface area contributed by atoms with E-state index in [1.165, 1.54) is 12.0 Å². The van der Waals surface area contributed by atoms with Crippen LogP contribution < -0.4 is 0 Å². The Hall–Kier alpha value is -2.16. The van der Waals surface area contributed by atoms with E-state index in [4.69, 9.17) is 14.2 Å². The van der Waals surface area contributed by atoms with E-state index in [2.05, 4.69) is 4.98 Å². The van der Waals surface area contributed by atoms with E-state index in [9.17, 15) is 14.7 Å². The van der Waals surface area contributed by atoms with Gasteiger partial charge in [-0.15, -0.1) is 0 Å². The van der Waals surface area contributed by atoms with Crippen molar-refractivity contribution in [1.29, 1.82) is 0 Å². The average Bonchev–Trinajstić information content (AvgIpc) is 3.26. The van der Waals surface area contributed by atoms with Gasteiger partial charge in [-0.2, -0.15) is 0 Å². The highest BCUT2D eigenvalue weighted by Crippen LogP contribution is 2.29. The summed E-state index contributed by atoms with van der Waals surface area (Å²) < 4.78 is 16.0. The zero-order valence-electron chi connectivity index (χ0n) is 12.6.